The minimum atomic E-state index is 0.253. The van der Waals surface area contributed by atoms with Crippen LogP contribution in [0.15, 0.2) is 0 Å². The van der Waals surface area contributed by atoms with E-state index in [2.05, 4.69) is 17.6 Å². The molecule has 1 saturated carbocycles. The van der Waals surface area contributed by atoms with E-state index in [0.717, 1.165) is 25.4 Å². The lowest BCUT2D eigenvalue weighted by Crippen LogP contribution is -2.41. The van der Waals surface area contributed by atoms with Crippen molar-refractivity contribution < 1.29 is 4.79 Å². The molecular formula is C12H22N2O. The molecule has 2 aliphatic rings. The smallest absolute Gasteiger partial charge is 0.220 e. The van der Waals surface area contributed by atoms with Gasteiger partial charge in [-0.25, -0.2) is 0 Å². The van der Waals surface area contributed by atoms with Crippen LogP contribution in [-0.2, 0) is 4.79 Å². The minimum absolute atomic E-state index is 0.253. The average Bonchev–Trinajstić information content (AvgIpc) is 2.52. The molecule has 0 radical (unpaired) electrons. The summed E-state index contributed by atoms with van der Waals surface area (Å²) in [6.07, 6.45) is 5.81. The topological polar surface area (TPSA) is 41.1 Å². The summed E-state index contributed by atoms with van der Waals surface area (Å²) in [6.45, 7) is 4.25. The van der Waals surface area contributed by atoms with E-state index in [1.807, 2.05) is 0 Å². The number of hydrogen-bond acceptors (Lipinski definition) is 2. The third kappa shape index (κ3) is 2.94. The fourth-order valence-electron chi connectivity index (χ4n) is 2.52. The molecule has 2 unspecified atom stereocenters. The molecule has 2 fully saturated rings. The third-order valence-corrected chi connectivity index (χ3v) is 3.88. The lowest BCUT2D eigenvalue weighted by Gasteiger charge is -2.32. The number of amides is 1. The summed E-state index contributed by atoms with van der Waals surface area (Å²) in [5.74, 6) is 1.57. The van der Waals surface area contributed by atoms with Gasteiger partial charge in [0.15, 0.2) is 0 Å². The van der Waals surface area contributed by atoms with E-state index in [1.165, 1.54) is 19.3 Å². The molecule has 0 spiro atoms. The van der Waals surface area contributed by atoms with Crippen molar-refractivity contribution in [3.8, 4) is 0 Å². The van der Waals surface area contributed by atoms with Gasteiger partial charge in [-0.05, 0) is 51.1 Å². The highest BCUT2D eigenvalue weighted by Gasteiger charge is 2.26. The number of nitrogens with one attached hydrogen (secondary N) is 2. The van der Waals surface area contributed by atoms with Crippen LogP contribution in [0.25, 0.3) is 0 Å². The fraction of sp³-hybridized carbons (Fsp3) is 0.917. The van der Waals surface area contributed by atoms with Crippen molar-refractivity contribution in [3.05, 3.63) is 0 Å². The Morgan fingerprint density at radius 2 is 2.27 bits per heavy atom. The summed E-state index contributed by atoms with van der Waals surface area (Å²) in [7, 11) is 0. The first-order chi connectivity index (χ1) is 7.25. The molecule has 1 aliphatic carbocycles. The van der Waals surface area contributed by atoms with E-state index in [4.69, 9.17) is 0 Å². The monoisotopic (exact) mass is 210 g/mol. The Morgan fingerprint density at radius 1 is 1.47 bits per heavy atom. The van der Waals surface area contributed by atoms with Gasteiger partial charge in [-0.15, -0.1) is 0 Å². The van der Waals surface area contributed by atoms with Gasteiger partial charge >= 0.3 is 0 Å². The van der Waals surface area contributed by atoms with E-state index in [1.54, 1.807) is 0 Å². The Hall–Kier alpha value is -0.570. The summed E-state index contributed by atoms with van der Waals surface area (Å²) in [5, 5.41) is 6.44. The predicted octanol–water partition coefficient (Wildman–Crippen LogP) is 1.29. The fourth-order valence-corrected chi connectivity index (χ4v) is 2.52. The van der Waals surface area contributed by atoms with E-state index in [-0.39, 0.29) is 5.91 Å². The van der Waals surface area contributed by atoms with Gasteiger partial charge in [0.05, 0.1) is 0 Å². The Kier molecular flexibility index (Phi) is 3.62. The van der Waals surface area contributed by atoms with Crippen LogP contribution in [0.1, 0.15) is 39.0 Å². The summed E-state index contributed by atoms with van der Waals surface area (Å²) >= 11 is 0. The maximum absolute atomic E-state index is 11.7. The summed E-state index contributed by atoms with van der Waals surface area (Å²) in [5.41, 5.74) is 0. The second kappa shape index (κ2) is 4.97. The van der Waals surface area contributed by atoms with Gasteiger partial charge in [-0.1, -0.05) is 6.42 Å². The van der Waals surface area contributed by atoms with Crippen LogP contribution in [0.3, 0.4) is 0 Å². The summed E-state index contributed by atoms with van der Waals surface area (Å²) in [4.78, 5) is 11.7. The standard InChI is InChI=1S/C12H22N2O/c1-9(11-3-2-4-11)14-12(15)7-10-5-6-13-8-10/h9-11,13H,2-8H2,1H3,(H,14,15). The Morgan fingerprint density at radius 3 is 2.80 bits per heavy atom. The largest absolute Gasteiger partial charge is 0.353 e. The van der Waals surface area contributed by atoms with Gasteiger partial charge in [-0.2, -0.15) is 0 Å². The van der Waals surface area contributed by atoms with E-state index >= 15 is 0 Å². The number of rotatable bonds is 4. The van der Waals surface area contributed by atoms with Crippen LogP contribution in [-0.4, -0.2) is 25.0 Å². The van der Waals surface area contributed by atoms with Gasteiger partial charge in [-0.3, -0.25) is 4.79 Å². The Bertz CT molecular complexity index is 220. The molecular weight excluding hydrogens is 188 g/mol. The highest BCUT2D eigenvalue weighted by molar-refractivity contribution is 5.76. The molecule has 2 N–H and O–H groups in total. The maximum Gasteiger partial charge on any atom is 0.220 e. The zero-order valence-electron chi connectivity index (χ0n) is 9.59. The lowest BCUT2D eigenvalue weighted by atomic mass is 9.80. The van der Waals surface area contributed by atoms with Crippen molar-refractivity contribution in [1.82, 2.24) is 10.6 Å². The van der Waals surface area contributed by atoms with Crippen molar-refractivity contribution in [1.29, 1.82) is 0 Å². The molecule has 3 nitrogen and oxygen atoms in total. The first-order valence-corrected chi connectivity index (χ1v) is 6.26. The van der Waals surface area contributed by atoms with Gasteiger partial charge in [0, 0.05) is 12.5 Å². The second-order valence-electron chi connectivity index (χ2n) is 5.11. The van der Waals surface area contributed by atoms with Crippen LogP contribution in [0.5, 0.6) is 0 Å². The quantitative estimate of drug-likeness (QED) is 0.734. The molecule has 1 amide bonds. The van der Waals surface area contributed by atoms with Crippen molar-refractivity contribution in [2.24, 2.45) is 11.8 Å². The third-order valence-electron chi connectivity index (χ3n) is 3.88. The first-order valence-electron chi connectivity index (χ1n) is 6.26. The number of hydrogen-bond donors (Lipinski definition) is 2. The molecule has 86 valence electrons. The summed E-state index contributed by atoms with van der Waals surface area (Å²) in [6, 6.07) is 0.389. The molecule has 2 atom stereocenters. The average molecular weight is 210 g/mol. The van der Waals surface area contributed by atoms with E-state index < -0.39 is 0 Å². The number of carbonyl (C=O) groups excluding carboxylic acids is 1. The minimum Gasteiger partial charge on any atom is -0.353 e. The van der Waals surface area contributed by atoms with E-state index in [0.29, 0.717) is 18.4 Å². The Labute approximate surface area is 92.0 Å². The molecule has 0 bridgehead atoms. The highest BCUT2D eigenvalue weighted by atomic mass is 16.1. The van der Waals surface area contributed by atoms with Crippen LogP contribution in [0.2, 0.25) is 0 Å². The molecule has 1 aliphatic heterocycles. The molecule has 2 rings (SSSR count). The van der Waals surface area contributed by atoms with Crippen molar-refractivity contribution in [3.63, 3.8) is 0 Å². The van der Waals surface area contributed by atoms with Crippen molar-refractivity contribution in [2.45, 2.75) is 45.1 Å². The highest BCUT2D eigenvalue weighted by Crippen LogP contribution is 2.29. The van der Waals surface area contributed by atoms with Gasteiger partial charge in [0.25, 0.3) is 0 Å². The van der Waals surface area contributed by atoms with Gasteiger partial charge < -0.3 is 10.6 Å². The SMILES string of the molecule is CC(NC(=O)CC1CCNC1)C1CCC1. The lowest BCUT2D eigenvalue weighted by molar-refractivity contribution is -0.123. The zero-order valence-corrected chi connectivity index (χ0v) is 9.59. The predicted molar refractivity (Wildman–Crippen MR) is 60.5 cm³/mol. The first kappa shape index (κ1) is 10.9. The van der Waals surface area contributed by atoms with Gasteiger partial charge in [0.1, 0.15) is 0 Å². The van der Waals surface area contributed by atoms with Crippen LogP contribution in [0, 0.1) is 11.8 Å². The second-order valence-corrected chi connectivity index (χ2v) is 5.11. The molecule has 0 aromatic heterocycles. The molecule has 1 heterocycles. The van der Waals surface area contributed by atoms with E-state index in [9.17, 15) is 4.79 Å². The molecule has 0 aromatic rings. The Balaban J connectivity index is 1.66. The number of carbonyl (C=O) groups is 1. The normalized spacial score (nSPS) is 28.5. The van der Waals surface area contributed by atoms with Crippen molar-refractivity contribution >= 4 is 5.91 Å². The molecule has 0 aromatic carbocycles. The van der Waals surface area contributed by atoms with Crippen LogP contribution in [0.4, 0.5) is 0 Å². The molecule has 3 heteroatoms. The maximum atomic E-state index is 11.7. The van der Waals surface area contributed by atoms with Gasteiger partial charge in [0.2, 0.25) is 5.91 Å². The van der Waals surface area contributed by atoms with Crippen LogP contribution >= 0.6 is 0 Å². The van der Waals surface area contributed by atoms with Crippen molar-refractivity contribution in [2.75, 3.05) is 13.1 Å². The zero-order chi connectivity index (χ0) is 10.7. The van der Waals surface area contributed by atoms with Crippen LogP contribution < -0.4 is 10.6 Å². The molecule has 1 saturated heterocycles. The molecule has 15 heavy (non-hydrogen) atoms. The summed E-state index contributed by atoms with van der Waals surface area (Å²) < 4.78 is 0.